The minimum Gasteiger partial charge on any atom is -0.412 e. The number of carbonyl (C=O) groups excluding carboxylic acids is 2. The summed E-state index contributed by atoms with van der Waals surface area (Å²) < 4.78 is 11.2. The summed E-state index contributed by atoms with van der Waals surface area (Å²) >= 11 is 0. The molecule has 0 amide bonds. The smallest absolute Gasteiger partial charge is 0.196 e. The Kier molecular flexibility index (Phi) is 12.7. The summed E-state index contributed by atoms with van der Waals surface area (Å²) in [4.78, 5) is 24.8. The summed E-state index contributed by atoms with van der Waals surface area (Å²) in [6, 6.07) is 37.7. The maximum atomic E-state index is 12.4. The Morgan fingerprint density at radius 1 is 0.514 bits per heavy atom. The number of rotatable bonds is 10. The van der Waals surface area contributed by atoms with Crippen molar-refractivity contribution < 1.29 is 24.5 Å². The first-order chi connectivity index (χ1) is 17.7. The van der Waals surface area contributed by atoms with Crippen molar-refractivity contribution in [1.29, 1.82) is 0 Å². The molecule has 0 saturated heterocycles. The SMILES string of the molecule is CCOC(C(=O)c1ccccc1)c1ccccc1.CCOC(C(=O)c1ccccc1)c1ccccc1.O. The van der Waals surface area contributed by atoms with Crippen molar-refractivity contribution in [2.75, 3.05) is 13.2 Å². The molecule has 192 valence electrons. The third kappa shape index (κ3) is 8.62. The van der Waals surface area contributed by atoms with Crippen molar-refractivity contribution in [3.8, 4) is 0 Å². The van der Waals surface area contributed by atoms with Crippen LogP contribution in [-0.4, -0.2) is 30.3 Å². The van der Waals surface area contributed by atoms with Crippen LogP contribution < -0.4 is 0 Å². The molecule has 0 bridgehead atoms. The lowest BCUT2D eigenvalue weighted by Crippen LogP contribution is -2.16. The largest absolute Gasteiger partial charge is 0.412 e. The maximum absolute atomic E-state index is 12.4. The molecule has 4 aromatic rings. The van der Waals surface area contributed by atoms with Gasteiger partial charge in [0.2, 0.25) is 0 Å². The molecule has 0 aliphatic carbocycles. The van der Waals surface area contributed by atoms with Gasteiger partial charge in [0, 0.05) is 24.3 Å². The molecule has 2 N–H and O–H groups in total. The van der Waals surface area contributed by atoms with E-state index in [1.807, 2.05) is 135 Å². The molecule has 2 atom stereocenters. The standard InChI is InChI=1S/2C16H16O2.H2O/c2*1-2-18-16(14-11-7-4-8-12-14)15(17)13-9-5-3-6-10-13;/h2*3-12,16H,2H2,1H3;1H2. The van der Waals surface area contributed by atoms with E-state index in [0.29, 0.717) is 24.3 Å². The average molecular weight is 499 g/mol. The van der Waals surface area contributed by atoms with E-state index in [0.717, 1.165) is 11.1 Å². The van der Waals surface area contributed by atoms with Gasteiger partial charge in [-0.15, -0.1) is 0 Å². The minimum atomic E-state index is -0.515. The lowest BCUT2D eigenvalue weighted by molar-refractivity contribution is 0.0450. The maximum Gasteiger partial charge on any atom is 0.196 e. The fourth-order valence-corrected chi connectivity index (χ4v) is 3.74. The van der Waals surface area contributed by atoms with Crippen LogP contribution in [0.3, 0.4) is 0 Å². The Morgan fingerprint density at radius 3 is 1.05 bits per heavy atom. The number of benzene rings is 4. The van der Waals surface area contributed by atoms with E-state index in [1.54, 1.807) is 0 Å². The number of Topliss-reactive ketones (excluding diaryl/α,β-unsaturated/α-hetero) is 2. The van der Waals surface area contributed by atoms with Gasteiger partial charge in [-0.1, -0.05) is 121 Å². The quantitative estimate of drug-likeness (QED) is 0.235. The summed E-state index contributed by atoms with van der Waals surface area (Å²) in [5.41, 5.74) is 3.15. The van der Waals surface area contributed by atoms with Gasteiger partial charge in [-0.2, -0.15) is 0 Å². The molecule has 0 saturated carbocycles. The second-order valence-corrected chi connectivity index (χ2v) is 7.95. The first-order valence-corrected chi connectivity index (χ1v) is 12.2. The summed E-state index contributed by atoms with van der Waals surface area (Å²) in [5.74, 6) is 0.00676. The molecule has 0 spiro atoms. The van der Waals surface area contributed by atoms with Crippen LogP contribution >= 0.6 is 0 Å². The molecule has 2 unspecified atom stereocenters. The molecule has 0 aromatic heterocycles. The molecule has 0 radical (unpaired) electrons. The zero-order valence-electron chi connectivity index (χ0n) is 21.2. The first kappa shape index (κ1) is 29.3. The third-order valence-corrected chi connectivity index (χ3v) is 5.46. The van der Waals surface area contributed by atoms with Crippen LogP contribution in [0.15, 0.2) is 121 Å². The summed E-state index contributed by atoms with van der Waals surface area (Å²) in [6.45, 7) is 4.82. The Hall–Kier alpha value is -3.90. The number of hydrogen-bond acceptors (Lipinski definition) is 4. The van der Waals surface area contributed by atoms with Gasteiger partial charge in [-0.25, -0.2) is 0 Å². The lowest BCUT2D eigenvalue weighted by atomic mass is 10.00. The van der Waals surface area contributed by atoms with E-state index < -0.39 is 12.2 Å². The van der Waals surface area contributed by atoms with Crippen molar-refractivity contribution in [2.24, 2.45) is 0 Å². The van der Waals surface area contributed by atoms with Gasteiger partial charge in [0.1, 0.15) is 12.2 Å². The predicted octanol–water partition coefficient (Wildman–Crippen LogP) is 6.47. The van der Waals surface area contributed by atoms with E-state index in [1.165, 1.54) is 0 Å². The van der Waals surface area contributed by atoms with E-state index in [-0.39, 0.29) is 17.0 Å². The van der Waals surface area contributed by atoms with Crippen LogP contribution in [0.1, 0.15) is 57.9 Å². The average Bonchev–Trinajstić information content (AvgIpc) is 2.96. The van der Waals surface area contributed by atoms with Crippen LogP contribution in [-0.2, 0) is 9.47 Å². The second-order valence-electron chi connectivity index (χ2n) is 7.95. The highest BCUT2D eigenvalue weighted by atomic mass is 16.5. The fourth-order valence-electron chi connectivity index (χ4n) is 3.74. The van der Waals surface area contributed by atoms with Crippen LogP contribution in [0.2, 0.25) is 0 Å². The van der Waals surface area contributed by atoms with Crippen LogP contribution in [0.4, 0.5) is 0 Å². The van der Waals surface area contributed by atoms with E-state index in [4.69, 9.17) is 9.47 Å². The summed E-state index contributed by atoms with van der Waals surface area (Å²) in [6.07, 6.45) is -1.03. The zero-order valence-corrected chi connectivity index (χ0v) is 21.2. The Morgan fingerprint density at radius 2 is 0.784 bits per heavy atom. The molecule has 37 heavy (non-hydrogen) atoms. The molecule has 0 aliphatic heterocycles. The molecule has 5 nitrogen and oxygen atoms in total. The lowest BCUT2D eigenvalue weighted by Gasteiger charge is -2.16. The van der Waals surface area contributed by atoms with Gasteiger partial charge in [-0.05, 0) is 25.0 Å². The molecule has 4 rings (SSSR count). The van der Waals surface area contributed by atoms with Gasteiger partial charge < -0.3 is 14.9 Å². The van der Waals surface area contributed by atoms with Gasteiger partial charge in [-0.3, -0.25) is 9.59 Å². The molecule has 0 aliphatic rings. The highest BCUT2D eigenvalue weighted by Gasteiger charge is 2.22. The topological polar surface area (TPSA) is 84.1 Å². The Bertz CT molecular complexity index is 1080. The normalized spacial score (nSPS) is 11.7. The number of ketones is 2. The fraction of sp³-hybridized carbons (Fsp3) is 0.188. The van der Waals surface area contributed by atoms with Crippen LogP contribution in [0.25, 0.3) is 0 Å². The third-order valence-electron chi connectivity index (χ3n) is 5.46. The van der Waals surface area contributed by atoms with Crippen LogP contribution in [0.5, 0.6) is 0 Å². The van der Waals surface area contributed by atoms with E-state index in [9.17, 15) is 9.59 Å². The van der Waals surface area contributed by atoms with Crippen molar-refractivity contribution in [3.05, 3.63) is 144 Å². The van der Waals surface area contributed by atoms with E-state index in [2.05, 4.69) is 0 Å². The number of hydrogen-bond donors (Lipinski definition) is 0. The number of carbonyl (C=O) groups is 2. The molecule has 5 heteroatoms. The molecular weight excluding hydrogens is 464 g/mol. The monoisotopic (exact) mass is 498 g/mol. The molecule has 4 aromatic carbocycles. The predicted molar refractivity (Wildman–Crippen MR) is 147 cm³/mol. The van der Waals surface area contributed by atoms with Crippen molar-refractivity contribution >= 4 is 11.6 Å². The van der Waals surface area contributed by atoms with Gasteiger partial charge in [0.05, 0.1) is 0 Å². The highest BCUT2D eigenvalue weighted by molar-refractivity contribution is 6.00. The minimum absolute atomic E-state index is 0. The van der Waals surface area contributed by atoms with Gasteiger partial charge in [0.25, 0.3) is 0 Å². The van der Waals surface area contributed by atoms with Crippen LogP contribution in [0, 0.1) is 0 Å². The summed E-state index contributed by atoms with van der Waals surface area (Å²) in [5, 5.41) is 0. The molecule has 0 fully saturated rings. The molecular formula is C32H34O5. The summed E-state index contributed by atoms with van der Waals surface area (Å²) in [7, 11) is 0. The van der Waals surface area contributed by atoms with E-state index >= 15 is 0 Å². The van der Waals surface area contributed by atoms with Crippen molar-refractivity contribution in [1.82, 2.24) is 0 Å². The van der Waals surface area contributed by atoms with Crippen molar-refractivity contribution in [3.63, 3.8) is 0 Å². The van der Waals surface area contributed by atoms with Gasteiger partial charge >= 0.3 is 0 Å². The highest BCUT2D eigenvalue weighted by Crippen LogP contribution is 2.23. The van der Waals surface area contributed by atoms with Gasteiger partial charge in [0.15, 0.2) is 11.6 Å². The second kappa shape index (κ2) is 16.0. The zero-order chi connectivity index (χ0) is 25.6. The number of ether oxygens (including phenoxy) is 2. The molecule has 0 heterocycles. The Labute approximate surface area is 219 Å². The van der Waals surface area contributed by atoms with Crippen molar-refractivity contribution in [2.45, 2.75) is 26.1 Å². The Balaban J connectivity index is 0.000000253. The first-order valence-electron chi connectivity index (χ1n) is 12.2.